The molecule has 2 N–H and O–H groups in total. The highest BCUT2D eigenvalue weighted by atomic mass is 16.2. The number of aromatic nitrogens is 2. The third-order valence-corrected chi connectivity index (χ3v) is 4.49. The summed E-state index contributed by atoms with van der Waals surface area (Å²) in [6.45, 7) is 1.29. The lowest BCUT2D eigenvalue weighted by molar-refractivity contribution is 0.0778. The Morgan fingerprint density at radius 1 is 1.28 bits per heavy atom. The minimum absolute atomic E-state index is 0.163. The van der Waals surface area contributed by atoms with E-state index in [1.807, 2.05) is 12.1 Å². The zero-order valence-corrected chi connectivity index (χ0v) is 14.0. The molecule has 1 fully saturated rings. The number of nitrogens with zero attached hydrogens (tertiary/aromatic N) is 3. The molecular formula is C18H20N4O3. The van der Waals surface area contributed by atoms with Crippen LogP contribution in [0, 0.1) is 5.92 Å². The van der Waals surface area contributed by atoms with Gasteiger partial charge in [0, 0.05) is 31.8 Å². The van der Waals surface area contributed by atoms with Gasteiger partial charge in [0.05, 0.1) is 0 Å². The maximum atomic E-state index is 12.5. The van der Waals surface area contributed by atoms with Gasteiger partial charge in [0.2, 0.25) is 5.91 Å². The van der Waals surface area contributed by atoms with Gasteiger partial charge in [0.15, 0.2) is 0 Å². The van der Waals surface area contributed by atoms with Crippen molar-refractivity contribution in [3.63, 3.8) is 0 Å². The first kappa shape index (κ1) is 16.9. The maximum absolute atomic E-state index is 12.5. The fourth-order valence-corrected chi connectivity index (χ4v) is 3.15. The molecule has 7 nitrogen and oxygen atoms in total. The number of benzene rings is 1. The van der Waals surface area contributed by atoms with E-state index in [1.54, 1.807) is 17.0 Å². The monoisotopic (exact) mass is 340 g/mol. The molecule has 130 valence electrons. The SMILES string of the molecule is Cn1nc(C(=O)N2CC[C@@H](Cc3cccc(C(N)=O)c3)C2)ccc1=O. The summed E-state index contributed by atoms with van der Waals surface area (Å²) in [6.07, 6.45) is 1.67. The lowest BCUT2D eigenvalue weighted by atomic mass is 9.97. The second kappa shape index (κ2) is 6.88. The van der Waals surface area contributed by atoms with E-state index in [9.17, 15) is 14.4 Å². The lowest BCUT2D eigenvalue weighted by Crippen LogP contribution is -2.32. The number of rotatable bonds is 4. The summed E-state index contributed by atoms with van der Waals surface area (Å²) in [4.78, 5) is 37.0. The predicted octanol–water partition coefficient (Wildman–Crippen LogP) is 0.584. The predicted molar refractivity (Wildman–Crippen MR) is 92.2 cm³/mol. The van der Waals surface area contributed by atoms with Crippen molar-refractivity contribution in [2.24, 2.45) is 18.7 Å². The molecule has 0 bridgehead atoms. The number of amides is 2. The molecule has 2 amide bonds. The number of nitrogens with two attached hydrogens (primary N) is 1. The minimum Gasteiger partial charge on any atom is -0.366 e. The second-order valence-electron chi connectivity index (χ2n) is 6.36. The summed E-state index contributed by atoms with van der Waals surface area (Å²) in [5.41, 5.74) is 6.88. The van der Waals surface area contributed by atoms with E-state index >= 15 is 0 Å². The summed E-state index contributed by atoms with van der Waals surface area (Å²) in [5.74, 6) is -0.283. The molecule has 2 heterocycles. The number of hydrogen-bond acceptors (Lipinski definition) is 4. The van der Waals surface area contributed by atoms with Crippen LogP contribution in [-0.4, -0.2) is 39.6 Å². The minimum atomic E-state index is -0.439. The van der Waals surface area contributed by atoms with Gasteiger partial charge in [-0.15, -0.1) is 0 Å². The molecule has 1 aliphatic rings. The second-order valence-corrected chi connectivity index (χ2v) is 6.36. The summed E-state index contributed by atoms with van der Waals surface area (Å²) >= 11 is 0. The van der Waals surface area contributed by atoms with E-state index in [-0.39, 0.29) is 17.2 Å². The van der Waals surface area contributed by atoms with Crippen molar-refractivity contribution in [2.45, 2.75) is 12.8 Å². The van der Waals surface area contributed by atoms with E-state index in [0.29, 0.717) is 24.6 Å². The summed E-state index contributed by atoms with van der Waals surface area (Å²) < 4.78 is 1.16. The molecule has 0 unspecified atom stereocenters. The number of aryl methyl sites for hydroxylation is 1. The van der Waals surface area contributed by atoms with Gasteiger partial charge in [-0.1, -0.05) is 12.1 Å². The molecule has 3 rings (SSSR count). The largest absolute Gasteiger partial charge is 0.366 e. The number of hydrogen-bond donors (Lipinski definition) is 1. The van der Waals surface area contributed by atoms with E-state index < -0.39 is 5.91 Å². The highest BCUT2D eigenvalue weighted by molar-refractivity contribution is 5.93. The highest BCUT2D eigenvalue weighted by Gasteiger charge is 2.28. The van der Waals surface area contributed by atoms with Crippen LogP contribution in [0.3, 0.4) is 0 Å². The van der Waals surface area contributed by atoms with Crippen molar-refractivity contribution in [2.75, 3.05) is 13.1 Å². The Kier molecular flexibility index (Phi) is 4.65. The topological polar surface area (TPSA) is 98.3 Å². The van der Waals surface area contributed by atoms with Gasteiger partial charge in [-0.25, -0.2) is 4.68 Å². The molecule has 25 heavy (non-hydrogen) atoms. The summed E-state index contributed by atoms with van der Waals surface area (Å²) in [5, 5.41) is 4.02. The van der Waals surface area contributed by atoms with Crippen molar-refractivity contribution in [1.82, 2.24) is 14.7 Å². The fourth-order valence-electron chi connectivity index (χ4n) is 3.15. The lowest BCUT2D eigenvalue weighted by Gasteiger charge is -2.16. The maximum Gasteiger partial charge on any atom is 0.274 e. The van der Waals surface area contributed by atoms with E-state index in [1.165, 1.54) is 19.2 Å². The van der Waals surface area contributed by atoms with E-state index in [4.69, 9.17) is 5.73 Å². The molecule has 1 saturated heterocycles. The number of carbonyl (C=O) groups excluding carboxylic acids is 2. The third-order valence-electron chi connectivity index (χ3n) is 4.49. The fraction of sp³-hybridized carbons (Fsp3) is 0.333. The van der Waals surface area contributed by atoms with Crippen LogP contribution in [0.1, 0.15) is 32.8 Å². The molecule has 2 aromatic rings. The molecule has 0 spiro atoms. The Balaban J connectivity index is 1.66. The molecule has 1 aliphatic heterocycles. The molecule has 0 saturated carbocycles. The molecule has 7 heteroatoms. The van der Waals surface area contributed by atoms with Gasteiger partial charge in [-0.2, -0.15) is 5.10 Å². The van der Waals surface area contributed by atoms with Gasteiger partial charge < -0.3 is 10.6 Å². The van der Waals surface area contributed by atoms with Crippen LogP contribution in [0.5, 0.6) is 0 Å². The van der Waals surface area contributed by atoms with Crippen molar-refractivity contribution in [3.8, 4) is 0 Å². The third kappa shape index (κ3) is 3.76. The van der Waals surface area contributed by atoms with Gasteiger partial charge in [0.1, 0.15) is 5.69 Å². The van der Waals surface area contributed by atoms with Crippen LogP contribution in [0.2, 0.25) is 0 Å². The number of likely N-dealkylation sites (tertiary alicyclic amines) is 1. The van der Waals surface area contributed by atoms with Crippen LogP contribution in [0.4, 0.5) is 0 Å². The Hall–Kier alpha value is -2.96. The zero-order valence-electron chi connectivity index (χ0n) is 14.0. The average molecular weight is 340 g/mol. The highest BCUT2D eigenvalue weighted by Crippen LogP contribution is 2.22. The molecule has 1 aromatic heterocycles. The number of carbonyl (C=O) groups is 2. The molecule has 0 aliphatic carbocycles. The first-order valence-electron chi connectivity index (χ1n) is 8.16. The van der Waals surface area contributed by atoms with Crippen molar-refractivity contribution in [1.29, 1.82) is 0 Å². The molecule has 1 atom stereocenters. The van der Waals surface area contributed by atoms with Crippen molar-refractivity contribution in [3.05, 3.63) is 63.6 Å². The number of primary amides is 1. The van der Waals surface area contributed by atoms with Crippen LogP contribution in [-0.2, 0) is 13.5 Å². The Labute approximate surface area is 145 Å². The van der Waals surface area contributed by atoms with Crippen LogP contribution < -0.4 is 11.3 Å². The Morgan fingerprint density at radius 2 is 2.08 bits per heavy atom. The summed E-state index contributed by atoms with van der Waals surface area (Å²) in [7, 11) is 1.53. The van der Waals surface area contributed by atoms with E-state index in [0.717, 1.165) is 23.1 Å². The Morgan fingerprint density at radius 3 is 2.80 bits per heavy atom. The van der Waals surface area contributed by atoms with Crippen LogP contribution in [0.15, 0.2) is 41.2 Å². The standard InChI is InChI=1S/C18H20N4O3/c1-21-16(23)6-5-15(20-21)18(25)22-8-7-13(11-22)9-12-3-2-4-14(10-12)17(19)24/h2-6,10,13H,7-9,11H2,1H3,(H2,19,24)/t13-/m0/s1. The van der Waals surface area contributed by atoms with E-state index in [2.05, 4.69) is 5.10 Å². The average Bonchev–Trinajstić information content (AvgIpc) is 3.05. The molecule has 0 radical (unpaired) electrons. The normalized spacial score (nSPS) is 16.8. The zero-order chi connectivity index (χ0) is 18.0. The van der Waals surface area contributed by atoms with Gasteiger partial charge in [-0.3, -0.25) is 14.4 Å². The smallest absolute Gasteiger partial charge is 0.274 e. The summed E-state index contributed by atoms with van der Waals surface area (Å²) in [6, 6.07) is 10.1. The molecular weight excluding hydrogens is 320 g/mol. The Bertz CT molecular complexity index is 875. The molecule has 1 aromatic carbocycles. The van der Waals surface area contributed by atoms with Gasteiger partial charge >= 0.3 is 0 Å². The van der Waals surface area contributed by atoms with Crippen molar-refractivity contribution < 1.29 is 9.59 Å². The van der Waals surface area contributed by atoms with Crippen molar-refractivity contribution >= 4 is 11.8 Å². The quantitative estimate of drug-likeness (QED) is 0.880. The van der Waals surface area contributed by atoms with Crippen LogP contribution >= 0.6 is 0 Å². The van der Waals surface area contributed by atoms with Crippen LogP contribution in [0.25, 0.3) is 0 Å². The van der Waals surface area contributed by atoms with Gasteiger partial charge in [0.25, 0.3) is 11.5 Å². The first-order valence-corrected chi connectivity index (χ1v) is 8.16. The first-order chi connectivity index (χ1) is 11.9. The van der Waals surface area contributed by atoms with Gasteiger partial charge in [-0.05, 0) is 42.5 Å².